The van der Waals surface area contributed by atoms with Crippen LogP contribution in [0.15, 0.2) is 48.5 Å². The molecule has 0 atom stereocenters. The van der Waals surface area contributed by atoms with Gasteiger partial charge in [-0.25, -0.2) is 18.0 Å². The highest BCUT2D eigenvalue weighted by atomic mass is 32.2. The summed E-state index contributed by atoms with van der Waals surface area (Å²) in [6.45, 7) is 5.75. The van der Waals surface area contributed by atoms with Crippen molar-refractivity contribution in [2.45, 2.75) is 39.2 Å². The maximum Gasteiger partial charge on any atom is 0.329 e. The number of carbonyl (C=O) groups is 3. The smallest absolute Gasteiger partial charge is 0.329 e. The average Bonchev–Trinajstić information content (AvgIpc) is 2.82. The molecule has 4 N–H and O–H groups in total. The topological polar surface area (TPSA) is 142 Å². The molecule has 3 amide bonds. The molecule has 37 heavy (non-hydrogen) atoms. The summed E-state index contributed by atoms with van der Waals surface area (Å²) in [6.07, 6.45) is -0.474. The monoisotopic (exact) mass is 523 g/mol. The molecule has 3 aromatic carbocycles. The Kier molecular flexibility index (Phi) is 6.96. The summed E-state index contributed by atoms with van der Waals surface area (Å²) >= 11 is 0. The first-order valence-electron chi connectivity index (χ1n) is 11.8. The zero-order valence-corrected chi connectivity index (χ0v) is 21.7. The van der Waals surface area contributed by atoms with Crippen molar-refractivity contribution in [3.8, 4) is 0 Å². The Morgan fingerprint density at radius 3 is 2.00 bits per heavy atom. The third kappa shape index (κ3) is 5.59. The van der Waals surface area contributed by atoms with Crippen LogP contribution >= 0.6 is 0 Å². The van der Waals surface area contributed by atoms with Crippen LogP contribution in [0.2, 0.25) is 0 Å². The Morgan fingerprint density at radius 2 is 1.43 bits per heavy atom. The highest BCUT2D eigenvalue weighted by Gasteiger charge is 2.45. The van der Waals surface area contributed by atoms with Crippen LogP contribution < -0.4 is 16.0 Å². The van der Waals surface area contributed by atoms with Gasteiger partial charge in [0.2, 0.25) is 0 Å². The third-order valence-corrected chi connectivity index (χ3v) is 8.39. The largest absolute Gasteiger partial charge is 0.480 e. The van der Waals surface area contributed by atoms with Gasteiger partial charge in [0, 0.05) is 5.69 Å². The third-order valence-electron chi connectivity index (χ3n) is 6.74. The molecule has 10 heteroatoms. The van der Waals surface area contributed by atoms with E-state index in [9.17, 15) is 27.9 Å². The van der Waals surface area contributed by atoms with E-state index in [4.69, 9.17) is 0 Å². The minimum atomic E-state index is -3.36. The number of hydrogen-bond donors (Lipinski definition) is 4. The van der Waals surface area contributed by atoms with E-state index >= 15 is 0 Å². The SMILES string of the molecule is Cc1cc(C)c(NC(=O)Nc2cc3ccccc3cc2C(=O)NC2(C(=O)O)CCS(=O)(=O)CC2)c(C)c1. The highest BCUT2D eigenvalue weighted by Crippen LogP contribution is 2.29. The predicted octanol–water partition coefficient (Wildman–Crippen LogP) is 4.17. The van der Waals surface area contributed by atoms with Crippen molar-refractivity contribution in [3.63, 3.8) is 0 Å². The van der Waals surface area contributed by atoms with Gasteiger partial charge in [-0.1, -0.05) is 42.0 Å². The zero-order valence-electron chi connectivity index (χ0n) is 20.8. The molecule has 0 spiro atoms. The molecule has 1 heterocycles. The van der Waals surface area contributed by atoms with E-state index in [1.807, 2.05) is 45.0 Å². The molecule has 194 valence electrons. The van der Waals surface area contributed by atoms with E-state index in [-0.39, 0.29) is 35.6 Å². The number of anilines is 2. The van der Waals surface area contributed by atoms with Crippen LogP contribution in [-0.4, -0.2) is 48.5 Å². The quantitative estimate of drug-likeness (QED) is 0.395. The van der Waals surface area contributed by atoms with Gasteiger partial charge in [-0.3, -0.25) is 4.79 Å². The molecule has 1 saturated heterocycles. The number of rotatable bonds is 5. The Hall–Kier alpha value is -3.92. The first kappa shape index (κ1) is 26.2. The van der Waals surface area contributed by atoms with Crippen LogP contribution in [0, 0.1) is 20.8 Å². The molecule has 0 aromatic heterocycles. The number of carbonyl (C=O) groups excluding carboxylic acids is 2. The van der Waals surface area contributed by atoms with Gasteiger partial charge in [0.1, 0.15) is 5.54 Å². The minimum absolute atomic E-state index is 0.0697. The second-order valence-corrected chi connectivity index (χ2v) is 11.9. The summed E-state index contributed by atoms with van der Waals surface area (Å²) in [5, 5.41) is 19.5. The second-order valence-electron chi connectivity index (χ2n) is 9.59. The lowest BCUT2D eigenvalue weighted by Gasteiger charge is -2.34. The fourth-order valence-electron chi connectivity index (χ4n) is 4.74. The fraction of sp³-hybridized carbons (Fsp3) is 0.296. The molecule has 1 aliphatic heterocycles. The summed E-state index contributed by atoms with van der Waals surface area (Å²) in [6, 6.07) is 13.8. The summed E-state index contributed by atoms with van der Waals surface area (Å²) in [7, 11) is -3.36. The molecular formula is C27H29N3O6S. The number of aliphatic carboxylic acids is 1. The van der Waals surface area contributed by atoms with Gasteiger partial charge in [-0.2, -0.15) is 0 Å². The number of carboxylic acids is 1. The lowest BCUT2D eigenvalue weighted by Crippen LogP contribution is -2.58. The summed E-state index contributed by atoms with van der Waals surface area (Å²) in [5.74, 6) is -2.68. The number of sulfone groups is 1. The van der Waals surface area contributed by atoms with Crippen molar-refractivity contribution in [1.29, 1.82) is 0 Å². The van der Waals surface area contributed by atoms with Crippen molar-refractivity contribution in [1.82, 2.24) is 5.32 Å². The van der Waals surface area contributed by atoms with Crippen molar-refractivity contribution in [2.75, 3.05) is 22.1 Å². The van der Waals surface area contributed by atoms with Gasteiger partial charge in [-0.05, 0) is 67.6 Å². The Morgan fingerprint density at radius 1 is 0.865 bits per heavy atom. The maximum absolute atomic E-state index is 13.4. The van der Waals surface area contributed by atoms with Crippen molar-refractivity contribution >= 4 is 49.9 Å². The number of aryl methyl sites for hydroxylation is 3. The summed E-state index contributed by atoms with van der Waals surface area (Å²) < 4.78 is 23.8. The number of nitrogens with one attached hydrogen (secondary N) is 3. The van der Waals surface area contributed by atoms with E-state index in [1.54, 1.807) is 24.3 Å². The number of benzene rings is 3. The lowest BCUT2D eigenvalue weighted by atomic mass is 9.91. The van der Waals surface area contributed by atoms with E-state index in [1.165, 1.54) is 0 Å². The summed E-state index contributed by atoms with van der Waals surface area (Å²) in [5.41, 5.74) is 2.05. The molecule has 1 aliphatic rings. The van der Waals surface area contributed by atoms with Gasteiger partial charge in [0.15, 0.2) is 9.84 Å². The number of urea groups is 1. The number of hydrogen-bond acceptors (Lipinski definition) is 5. The van der Waals surface area contributed by atoms with Crippen LogP contribution in [0.1, 0.15) is 39.9 Å². The predicted molar refractivity (Wildman–Crippen MR) is 143 cm³/mol. The Balaban J connectivity index is 1.66. The van der Waals surface area contributed by atoms with Crippen molar-refractivity contribution < 1.29 is 27.9 Å². The number of amides is 3. The Bertz CT molecular complexity index is 1490. The molecule has 0 saturated carbocycles. The normalized spacial score (nSPS) is 16.1. The molecule has 4 rings (SSSR count). The minimum Gasteiger partial charge on any atom is -0.480 e. The standard InChI is InChI=1S/C27H29N3O6S/c1-16-12-17(2)23(18(3)13-16)29-26(34)28-22-15-20-7-5-4-6-19(20)14-21(22)24(31)30-27(25(32)33)8-10-37(35,36)11-9-27/h4-7,12-15H,8-11H2,1-3H3,(H,30,31)(H,32,33)(H2,28,29,34). The molecular weight excluding hydrogens is 494 g/mol. The molecule has 0 bridgehead atoms. The van der Waals surface area contributed by atoms with E-state index < -0.39 is 33.3 Å². The first-order chi connectivity index (χ1) is 17.4. The molecule has 3 aromatic rings. The van der Waals surface area contributed by atoms with Gasteiger partial charge in [0.05, 0.1) is 22.8 Å². The van der Waals surface area contributed by atoms with Crippen LogP contribution in [0.5, 0.6) is 0 Å². The van der Waals surface area contributed by atoms with Gasteiger partial charge in [0.25, 0.3) is 5.91 Å². The van der Waals surface area contributed by atoms with E-state index in [0.29, 0.717) is 5.69 Å². The molecule has 0 aliphatic carbocycles. The second kappa shape index (κ2) is 9.85. The number of fused-ring (bicyclic) bond motifs is 1. The molecule has 1 fully saturated rings. The van der Waals surface area contributed by atoms with E-state index in [0.717, 1.165) is 27.5 Å². The average molecular weight is 524 g/mol. The fourth-order valence-corrected chi connectivity index (χ4v) is 6.26. The summed E-state index contributed by atoms with van der Waals surface area (Å²) in [4.78, 5) is 38.6. The molecule has 9 nitrogen and oxygen atoms in total. The van der Waals surface area contributed by atoms with Crippen LogP contribution in [-0.2, 0) is 14.6 Å². The van der Waals surface area contributed by atoms with Crippen molar-refractivity contribution in [3.05, 3.63) is 70.8 Å². The first-order valence-corrected chi connectivity index (χ1v) is 13.7. The van der Waals surface area contributed by atoms with Crippen molar-refractivity contribution in [2.24, 2.45) is 0 Å². The Labute approximate surface area is 215 Å². The maximum atomic E-state index is 13.4. The van der Waals surface area contributed by atoms with Crippen LogP contribution in [0.25, 0.3) is 10.8 Å². The molecule has 0 radical (unpaired) electrons. The highest BCUT2D eigenvalue weighted by molar-refractivity contribution is 7.91. The van der Waals surface area contributed by atoms with Crippen LogP contribution in [0.4, 0.5) is 16.2 Å². The van der Waals surface area contributed by atoms with E-state index in [2.05, 4.69) is 16.0 Å². The molecule has 0 unspecified atom stereocenters. The van der Waals surface area contributed by atoms with Gasteiger partial charge < -0.3 is 21.1 Å². The van der Waals surface area contributed by atoms with Gasteiger partial charge in [-0.15, -0.1) is 0 Å². The van der Waals surface area contributed by atoms with Crippen LogP contribution in [0.3, 0.4) is 0 Å². The van der Waals surface area contributed by atoms with Gasteiger partial charge >= 0.3 is 12.0 Å². The number of carboxylic acid groups (broad SMARTS) is 1. The zero-order chi connectivity index (χ0) is 27.0. The lowest BCUT2D eigenvalue weighted by molar-refractivity contribution is -0.144.